The lowest BCUT2D eigenvalue weighted by atomic mass is 9.90. The summed E-state index contributed by atoms with van der Waals surface area (Å²) in [5.74, 6) is 2.53. The van der Waals surface area contributed by atoms with Crippen LogP contribution in [0.25, 0.3) is 11.4 Å². The van der Waals surface area contributed by atoms with Gasteiger partial charge in [-0.05, 0) is 50.2 Å². The molecule has 4 nitrogen and oxygen atoms in total. The zero-order chi connectivity index (χ0) is 18.9. The van der Waals surface area contributed by atoms with E-state index in [0.717, 1.165) is 61.5 Å². The number of nitrogens with zero attached hydrogens (tertiary/aromatic N) is 2. The molecule has 0 saturated heterocycles. The second-order valence-electron chi connectivity index (χ2n) is 8.15. The van der Waals surface area contributed by atoms with Gasteiger partial charge in [-0.3, -0.25) is 4.79 Å². The standard InChI is InChI=1S/C24H26N2O2/c27-23(20(17-12-13-17)16-19-10-7-15-28-19)22-21-11-5-2-6-14-26(21)24(25-22)18-8-3-1-4-9-18/h1,3-4,7-10,15,17,20H,2,5-6,11-14,16H2. The van der Waals surface area contributed by atoms with E-state index in [-0.39, 0.29) is 11.7 Å². The first-order chi connectivity index (χ1) is 13.8. The molecule has 1 saturated carbocycles. The number of furan rings is 1. The van der Waals surface area contributed by atoms with Crippen LogP contribution in [0.1, 0.15) is 54.0 Å². The number of ketones is 1. The molecule has 3 heterocycles. The lowest BCUT2D eigenvalue weighted by Crippen LogP contribution is -2.21. The van der Waals surface area contributed by atoms with Crippen molar-refractivity contribution in [3.8, 4) is 11.4 Å². The molecular formula is C24H26N2O2. The maximum Gasteiger partial charge on any atom is 0.186 e. The van der Waals surface area contributed by atoms with Crippen LogP contribution in [0, 0.1) is 11.8 Å². The monoisotopic (exact) mass is 374 g/mol. The van der Waals surface area contributed by atoms with Gasteiger partial charge in [0.1, 0.15) is 17.3 Å². The molecule has 1 aromatic carbocycles. The summed E-state index contributed by atoms with van der Waals surface area (Å²) in [5.41, 5.74) is 2.95. The minimum Gasteiger partial charge on any atom is -0.469 e. The molecule has 2 aromatic heterocycles. The van der Waals surface area contributed by atoms with Crippen molar-refractivity contribution in [2.45, 2.75) is 51.5 Å². The largest absolute Gasteiger partial charge is 0.469 e. The molecule has 1 fully saturated rings. The Labute approximate surface area is 165 Å². The van der Waals surface area contributed by atoms with Gasteiger partial charge in [0.2, 0.25) is 0 Å². The van der Waals surface area contributed by atoms with Crippen molar-refractivity contribution in [3.63, 3.8) is 0 Å². The number of imidazole rings is 1. The highest BCUT2D eigenvalue weighted by Crippen LogP contribution is 2.41. The molecule has 0 amide bonds. The van der Waals surface area contributed by atoms with Crippen molar-refractivity contribution in [2.24, 2.45) is 11.8 Å². The van der Waals surface area contributed by atoms with Gasteiger partial charge in [-0.1, -0.05) is 36.8 Å². The number of benzene rings is 1. The van der Waals surface area contributed by atoms with Crippen LogP contribution in [-0.4, -0.2) is 15.3 Å². The van der Waals surface area contributed by atoms with E-state index in [4.69, 9.17) is 9.40 Å². The van der Waals surface area contributed by atoms with E-state index in [1.165, 1.54) is 6.42 Å². The van der Waals surface area contributed by atoms with Gasteiger partial charge in [-0.15, -0.1) is 0 Å². The summed E-state index contributed by atoms with van der Waals surface area (Å²) < 4.78 is 7.87. The molecule has 0 radical (unpaired) electrons. The van der Waals surface area contributed by atoms with Crippen molar-refractivity contribution in [2.75, 3.05) is 0 Å². The zero-order valence-electron chi connectivity index (χ0n) is 16.1. The van der Waals surface area contributed by atoms with Crippen LogP contribution < -0.4 is 0 Å². The van der Waals surface area contributed by atoms with E-state index in [1.807, 2.05) is 30.3 Å². The minimum absolute atomic E-state index is 0.0161. The number of hydrogen-bond acceptors (Lipinski definition) is 3. The quantitative estimate of drug-likeness (QED) is 0.549. The third-order valence-electron chi connectivity index (χ3n) is 6.16. The number of rotatable bonds is 6. The Morgan fingerprint density at radius 2 is 1.96 bits per heavy atom. The second kappa shape index (κ2) is 7.42. The molecule has 1 aliphatic heterocycles. The van der Waals surface area contributed by atoms with E-state index in [0.29, 0.717) is 18.0 Å². The molecule has 0 spiro atoms. The molecule has 5 rings (SSSR count). The normalized spacial score (nSPS) is 17.7. The summed E-state index contributed by atoms with van der Waals surface area (Å²) in [4.78, 5) is 18.6. The van der Waals surface area contributed by atoms with Gasteiger partial charge in [0, 0.05) is 30.1 Å². The number of carbonyl (C=O) groups is 1. The number of fused-ring (bicyclic) bond motifs is 1. The van der Waals surface area contributed by atoms with Crippen LogP contribution in [0.4, 0.5) is 0 Å². The Balaban J connectivity index is 1.55. The predicted octanol–water partition coefficient (Wildman–Crippen LogP) is 5.32. The van der Waals surface area contributed by atoms with Crippen LogP contribution in [0.5, 0.6) is 0 Å². The maximum absolute atomic E-state index is 13.7. The van der Waals surface area contributed by atoms with E-state index in [2.05, 4.69) is 16.7 Å². The van der Waals surface area contributed by atoms with Gasteiger partial charge in [0.05, 0.1) is 6.26 Å². The SMILES string of the molecule is O=C(c1nc(-c2ccccc2)n2c1CCCCC2)C(Cc1ccco1)C1CC1. The fourth-order valence-corrected chi connectivity index (χ4v) is 4.52. The van der Waals surface area contributed by atoms with Crippen molar-refractivity contribution in [3.05, 3.63) is 65.9 Å². The number of Topliss-reactive ketones (excluding diaryl/α,β-unsaturated/α-hetero) is 1. The van der Waals surface area contributed by atoms with Crippen LogP contribution >= 0.6 is 0 Å². The summed E-state index contributed by atoms with van der Waals surface area (Å²) in [5, 5.41) is 0. The molecule has 1 aliphatic carbocycles. The van der Waals surface area contributed by atoms with E-state index in [9.17, 15) is 4.79 Å². The van der Waals surface area contributed by atoms with Crippen molar-refractivity contribution in [1.29, 1.82) is 0 Å². The third kappa shape index (κ3) is 3.32. The molecular weight excluding hydrogens is 348 g/mol. The summed E-state index contributed by atoms with van der Waals surface area (Å²) in [6.45, 7) is 0.951. The highest BCUT2D eigenvalue weighted by molar-refractivity contribution is 5.98. The average molecular weight is 374 g/mol. The Morgan fingerprint density at radius 3 is 2.71 bits per heavy atom. The Bertz CT molecular complexity index is 952. The summed E-state index contributed by atoms with van der Waals surface area (Å²) >= 11 is 0. The van der Waals surface area contributed by atoms with Crippen molar-refractivity contribution in [1.82, 2.24) is 9.55 Å². The summed E-state index contributed by atoms with van der Waals surface area (Å²) in [6.07, 6.45) is 9.09. The molecule has 28 heavy (non-hydrogen) atoms. The van der Waals surface area contributed by atoms with Gasteiger partial charge >= 0.3 is 0 Å². The highest BCUT2D eigenvalue weighted by atomic mass is 16.3. The van der Waals surface area contributed by atoms with Gasteiger partial charge in [-0.2, -0.15) is 0 Å². The predicted molar refractivity (Wildman–Crippen MR) is 108 cm³/mol. The average Bonchev–Trinajstić information content (AvgIpc) is 3.40. The fraction of sp³-hybridized carbons (Fsp3) is 0.417. The number of carbonyl (C=O) groups excluding carboxylic acids is 1. The van der Waals surface area contributed by atoms with Crippen molar-refractivity contribution < 1.29 is 9.21 Å². The molecule has 3 aromatic rings. The molecule has 1 unspecified atom stereocenters. The number of hydrogen-bond donors (Lipinski definition) is 0. The second-order valence-corrected chi connectivity index (χ2v) is 8.15. The Kier molecular flexibility index (Phi) is 4.63. The first kappa shape index (κ1) is 17.5. The molecule has 144 valence electrons. The molecule has 0 N–H and O–H groups in total. The van der Waals surface area contributed by atoms with Crippen LogP contribution in [0.3, 0.4) is 0 Å². The number of aromatic nitrogens is 2. The van der Waals surface area contributed by atoms with E-state index in [1.54, 1.807) is 6.26 Å². The van der Waals surface area contributed by atoms with E-state index < -0.39 is 0 Å². The lowest BCUT2D eigenvalue weighted by Gasteiger charge is -2.14. The van der Waals surface area contributed by atoms with Gasteiger partial charge < -0.3 is 8.98 Å². The Hall–Kier alpha value is -2.62. The third-order valence-corrected chi connectivity index (χ3v) is 6.16. The van der Waals surface area contributed by atoms with E-state index >= 15 is 0 Å². The highest BCUT2D eigenvalue weighted by Gasteiger charge is 2.39. The van der Waals surface area contributed by atoms with Crippen LogP contribution in [0.15, 0.2) is 53.1 Å². The maximum atomic E-state index is 13.7. The zero-order valence-corrected chi connectivity index (χ0v) is 16.1. The molecule has 4 heteroatoms. The summed E-state index contributed by atoms with van der Waals surface area (Å²) in [7, 11) is 0. The first-order valence-corrected chi connectivity index (χ1v) is 10.5. The summed E-state index contributed by atoms with van der Waals surface area (Å²) in [6, 6.07) is 14.2. The molecule has 0 bridgehead atoms. The molecule has 1 atom stereocenters. The van der Waals surface area contributed by atoms with Crippen molar-refractivity contribution >= 4 is 5.78 Å². The fourth-order valence-electron chi connectivity index (χ4n) is 4.52. The van der Waals surface area contributed by atoms with Gasteiger partial charge in [0.25, 0.3) is 0 Å². The lowest BCUT2D eigenvalue weighted by molar-refractivity contribution is 0.0893. The van der Waals surface area contributed by atoms with Gasteiger partial charge in [0.15, 0.2) is 5.78 Å². The Morgan fingerprint density at radius 1 is 1.11 bits per heavy atom. The van der Waals surface area contributed by atoms with Gasteiger partial charge in [-0.25, -0.2) is 4.98 Å². The minimum atomic E-state index is -0.0161. The topological polar surface area (TPSA) is 48.0 Å². The van der Waals surface area contributed by atoms with Crippen LogP contribution in [0.2, 0.25) is 0 Å². The first-order valence-electron chi connectivity index (χ1n) is 10.5. The molecule has 2 aliphatic rings. The smallest absolute Gasteiger partial charge is 0.186 e. The van der Waals surface area contributed by atoms with Crippen LogP contribution in [-0.2, 0) is 19.4 Å².